The standard InChI is InChI=1S/C23H31Cl2N5O2/c1-14-20(15-6-5-7-16(24)19(15)25)28-18(13-26)17(27-14)12-22(2,3)30-10-8-23(4,9-11-30)29-21(31)32/h5-7,29H,8-13,26H2,1-4H3,(H,31,32). The Hall–Kier alpha value is -1.93. The fourth-order valence-electron chi connectivity index (χ4n) is 4.36. The molecule has 32 heavy (non-hydrogen) atoms. The number of hydrogen-bond acceptors (Lipinski definition) is 5. The van der Waals surface area contributed by atoms with Gasteiger partial charge in [-0.05, 0) is 46.6 Å². The lowest BCUT2D eigenvalue weighted by Crippen LogP contribution is -2.57. The number of nitrogens with two attached hydrogens (primary N) is 1. The van der Waals surface area contributed by atoms with E-state index in [0.29, 0.717) is 22.2 Å². The number of aromatic nitrogens is 2. The largest absolute Gasteiger partial charge is 0.465 e. The Labute approximate surface area is 199 Å². The van der Waals surface area contributed by atoms with Gasteiger partial charge < -0.3 is 16.2 Å². The van der Waals surface area contributed by atoms with Crippen LogP contribution in [0.15, 0.2) is 18.2 Å². The van der Waals surface area contributed by atoms with Crippen LogP contribution in [0.4, 0.5) is 4.79 Å². The predicted molar refractivity (Wildman–Crippen MR) is 128 cm³/mol. The molecule has 0 spiro atoms. The molecule has 9 heteroatoms. The summed E-state index contributed by atoms with van der Waals surface area (Å²) >= 11 is 12.6. The van der Waals surface area contributed by atoms with E-state index in [9.17, 15) is 4.79 Å². The molecule has 3 rings (SSSR count). The van der Waals surface area contributed by atoms with Gasteiger partial charge in [0.05, 0.1) is 32.8 Å². The van der Waals surface area contributed by atoms with Crippen LogP contribution in [-0.2, 0) is 13.0 Å². The van der Waals surface area contributed by atoms with Crippen molar-refractivity contribution in [1.82, 2.24) is 20.2 Å². The molecule has 1 aromatic carbocycles. The van der Waals surface area contributed by atoms with E-state index in [1.165, 1.54) is 0 Å². The molecular weight excluding hydrogens is 449 g/mol. The summed E-state index contributed by atoms with van der Waals surface area (Å²) in [6.45, 7) is 10.1. The Morgan fingerprint density at radius 3 is 2.50 bits per heavy atom. The molecule has 0 atom stereocenters. The highest BCUT2D eigenvalue weighted by Crippen LogP contribution is 2.35. The first-order valence-corrected chi connectivity index (χ1v) is 11.5. The molecule has 4 N–H and O–H groups in total. The Bertz CT molecular complexity index is 1000. The van der Waals surface area contributed by atoms with Gasteiger partial charge in [0.1, 0.15) is 0 Å². The fourth-order valence-corrected chi connectivity index (χ4v) is 4.75. The van der Waals surface area contributed by atoms with Gasteiger partial charge in [0.15, 0.2) is 0 Å². The number of amides is 1. The molecular formula is C23H31Cl2N5O2. The van der Waals surface area contributed by atoms with E-state index in [1.54, 1.807) is 6.07 Å². The van der Waals surface area contributed by atoms with Crippen molar-refractivity contribution in [3.8, 4) is 11.3 Å². The number of rotatable bonds is 6. The highest BCUT2D eigenvalue weighted by molar-refractivity contribution is 6.43. The Morgan fingerprint density at radius 1 is 1.25 bits per heavy atom. The molecule has 174 valence electrons. The lowest BCUT2D eigenvalue weighted by Gasteiger charge is -2.46. The first kappa shape index (κ1) is 24.7. The van der Waals surface area contributed by atoms with E-state index >= 15 is 0 Å². The summed E-state index contributed by atoms with van der Waals surface area (Å²) in [6, 6.07) is 5.46. The molecule has 1 aliphatic heterocycles. The average molecular weight is 480 g/mol. The second-order valence-electron chi connectivity index (χ2n) is 9.32. The summed E-state index contributed by atoms with van der Waals surface area (Å²) in [5.74, 6) is 0. The van der Waals surface area contributed by atoms with Gasteiger partial charge in [0, 0.05) is 42.7 Å². The number of carboxylic acid groups (broad SMARTS) is 1. The van der Waals surface area contributed by atoms with E-state index in [0.717, 1.165) is 48.6 Å². The molecule has 1 saturated heterocycles. The van der Waals surface area contributed by atoms with Crippen molar-refractivity contribution in [3.63, 3.8) is 0 Å². The van der Waals surface area contributed by atoms with Crippen LogP contribution in [0.1, 0.15) is 50.7 Å². The molecule has 2 aromatic rings. The third-order valence-corrected chi connectivity index (χ3v) is 7.18. The van der Waals surface area contributed by atoms with Crippen LogP contribution in [0, 0.1) is 6.92 Å². The maximum absolute atomic E-state index is 11.1. The zero-order valence-electron chi connectivity index (χ0n) is 19.0. The molecule has 0 unspecified atom stereocenters. The minimum Gasteiger partial charge on any atom is -0.465 e. The molecule has 1 aliphatic rings. The number of hydrogen-bond donors (Lipinski definition) is 3. The molecule has 1 amide bonds. The van der Waals surface area contributed by atoms with Crippen molar-refractivity contribution in [2.45, 2.75) is 64.6 Å². The number of aryl methyl sites for hydroxylation is 1. The van der Waals surface area contributed by atoms with E-state index < -0.39 is 11.6 Å². The van der Waals surface area contributed by atoms with Crippen LogP contribution in [0.3, 0.4) is 0 Å². The van der Waals surface area contributed by atoms with Gasteiger partial charge >= 0.3 is 6.09 Å². The van der Waals surface area contributed by atoms with Gasteiger partial charge in [0.25, 0.3) is 0 Å². The summed E-state index contributed by atoms with van der Waals surface area (Å²) in [6.07, 6.45) is 1.21. The van der Waals surface area contributed by atoms with Gasteiger partial charge in [-0.25, -0.2) is 9.78 Å². The Kier molecular flexibility index (Phi) is 7.34. The predicted octanol–water partition coefficient (Wildman–Crippen LogP) is 4.66. The summed E-state index contributed by atoms with van der Waals surface area (Å²) in [7, 11) is 0. The van der Waals surface area contributed by atoms with Crippen molar-refractivity contribution in [2.75, 3.05) is 13.1 Å². The summed E-state index contributed by atoms with van der Waals surface area (Å²) < 4.78 is 0. The average Bonchev–Trinajstić information content (AvgIpc) is 2.70. The van der Waals surface area contributed by atoms with Crippen LogP contribution in [0.2, 0.25) is 10.0 Å². The molecule has 1 aromatic heterocycles. The minimum atomic E-state index is -0.974. The van der Waals surface area contributed by atoms with Crippen LogP contribution in [-0.4, -0.2) is 50.2 Å². The third kappa shape index (κ3) is 5.34. The maximum atomic E-state index is 11.1. The van der Waals surface area contributed by atoms with Crippen molar-refractivity contribution < 1.29 is 9.90 Å². The lowest BCUT2D eigenvalue weighted by molar-refractivity contribution is 0.0577. The molecule has 0 radical (unpaired) electrons. The lowest BCUT2D eigenvalue weighted by atomic mass is 9.85. The Morgan fingerprint density at radius 2 is 1.91 bits per heavy atom. The molecule has 2 heterocycles. The Balaban J connectivity index is 1.83. The molecule has 0 aliphatic carbocycles. The molecule has 0 saturated carbocycles. The highest BCUT2D eigenvalue weighted by atomic mass is 35.5. The van der Waals surface area contributed by atoms with E-state index in [4.69, 9.17) is 44.0 Å². The number of nitrogens with zero attached hydrogens (tertiary/aromatic N) is 3. The molecule has 1 fully saturated rings. The van der Waals surface area contributed by atoms with E-state index in [-0.39, 0.29) is 12.1 Å². The first-order valence-electron chi connectivity index (χ1n) is 10.7. The second kappa shape index (κ2) is 9.51. The van der Waals surface area contributed by atoms with Crippen LogP contribution in [0.25, 0.3) is 11.3 Å². The monoisotopic (exact) mass is 479 g/mol. The number of nitrogens with one attached hydrogen (secondary N) is 1. The van der Waals surface area contributed by atoms with Crippen LogP contribution < -0.4 is 11.1 Å². The number of carbonyl (C=O) groups is 1. The summed E-state index contributed by atoms with van der Waals surface area (Å²) in [5.41, 5.74) is 9.28. The van der Waals surface area contributed by atoms with Crippen molar-refractivity contribution in [2.24, 2.45) is 5.73 Å². The minimum absolute atomic E-state index is 0.190. The normalized spacial score (nSPS) is 16.7. The van der Waals surface area contributed by atoms with Gasteiger partial charge in [-0.15, -0.1) is 0 Å². The number of piperidine rings is 1. The van der Waals surface area contributed by atoms with Crippen LogP contribution in [0.5, 0.6) is 0 Å². The zero-order chi connectivity index (χ0) is 23.7. The topological polar surface area (TPSA) is 104 Å². The van der Waals surface area contributed by atoms with Gasteiger partial charge in [-0.3, -0.25) is 9.88 Å². The molecule has 0 bridgehead atoms. The highest BCUT2D eigenvalue weighted by Gasteiger charge is 2.37. The summed E-state index contributed by atoms with van der Waals surface area (Å²) in [5, 5.41) is 12.7. The van der Waals surface area contributed by atoms with E-state index in [2.05, 4.69) is 24.1 Å². The van der Waals surface area contributed by atoms with Crippen molar-refractivity contribution in [3.05, 3.63) is 45.3 Å². The number of benzene rings is 1. The van der Waals surface area contributed by atoms with Gasteiger partial charge in [-0.1, -0.05) is 35.3 Å². The van der Waals surface area contributed by atoms with Gasteiger partial charge in [-0.2, -0.15) is 0 Å². The second-order valence-corrected chi connectivity index (χ2v) is 10.1. The van der Waals surface area contributed by atoms with Crippen LogP contribution >= 0.6 is 23.2 Å². The molecule has 7 nitrogen and oxygen atoms in total. The number of halogens is 2. The van der Waals surface area contributed by atoms with Crippen molar-refractivity contribution >= 4 is 29.3 Å². The SMILES string of the molecule is Cc1nc(CC(C)(C)N2CCC(C)(NC(=O)O)CC2)c(CN)nc1-c1cccc(Cl)c1Cl. The van der Waals surface area contributed by atoms with Gasteiger partial charge in [0.2, 0.25) is 0 Å². The summed E-state index contributed by atoms with van der Waals surface area (Å²) in [4.78, 5) is 23.2. The van der Waals surface area contributed by atoms with Crippen molar-refractivity contribution in [1.29, 1.82) is 0 Å². The van der Waals surface area contributed by atoms with E-state index in [1.807, 2.05) is 26.0 Å². The number of likely N-dealkylation sites (tertiary alicyclic amines) is 1. The first-order chi connectivity index (χ1) is 15.0. The fraction of sp³-hybridized carbons (Fsp3) is 0.522. The quantitative estimate of drug-likeness (QED) is 0.556. The maximum Gasteiger partial charge on any atom is 0.405 e. The third-order valence-electron chi connectivity index (χ3n) is 6.36. The zero-order valence-corrected chi connectivity index (χ0v) is 20.5. The smallest absolute Gasteiger partial charge is 0.405 e.